The van der Waals surface area contributed by atoms with Gasteiger partial charge in [-0.05, 0) is 44.7 Å². The third-order valence-corrected chi connectivity index (χ3v) is 3.52. The van der Waals surface area contributed by atoms with E-state index in [1.165, 1.54) is 25.8 Å². The van der Waals surface area contributed by atoms with Crippen LogP contribution in [-0.2, 0) is 0 Å². The van der Waals surface area contributed by atoms with Gasteiger partial charge in [0.15, 0.2) is 0 Å². The lowest BCUT2D eigenvalue weighted by Gasteiger charge is -2.18. The molecule has 0 spiro atoms. The van der Waals surface area contributed by atoms with E-state index in [-0.39, 0.29) is 0 Å². The predicted molar refractivity (Wildman–Crippen MR) is 42.9 cm³/mol. The Kier molecular flexibility index (Phi) is 1.48. The summed E-state index contributed by atoms with van der Waals surface area (Å²) in [5.41, 5.74) is 0. The van der Waals surface area contributed by atoms with Crippen LogP contribution in [0.25, 0.3) is 0 Å². The lowest BCUT2D eigenvalue weighted by Crippen LogP contribution is -2.25. The normalized spacial score (nSPS) is 48.0. The quantitative estimate of drug-likeness (QED) is 0.494. The molecule has 0 N–H and O–H groups in total. The average Bonchev–Trinajstić information content (AvgIpc) is 2.41. The van der Waals surface area contributed by atoms with Crippen LogP contribution in [0.3, 0.4) is 0 Å². The molecule has 2 rings (SSSR count). The lowest BCUT2D eigenvalue weighted by atomic mass is 9.95. The van der Waals surface area contributed by atoms with Gasteiger partial charge in [-0.3, -0.25) is 0 Å². The number of likely N-dealkylation sites (tertiary alicyclic amines) is 1. The summed E-state index contributed by atoms with van der Waals surface area (Å²) < 4.78 is 0. The molecule has 58 valence electrons. The van der Waals surface area contributed by atoms with Crippen molar-refractivity contribution in [3.05, 3.63) is 0 Å². The van der Waals surface area contributed by atoms with Gasteiger partial charge in [0.05, 0.1) is 0 Å². The first-order valence-electron chi connectivity index (χ1n) is 4.49. The third kappa shape index (κ3) is 0.800. The van der Waals surface area contributed by atoms with Crippen molar-refractivity contribution >= 4 is 0 Å². The molecule has 1 saturated carbocycles. The van der Waals surface area contributed by atoms with E-state index >= 15 is 0 Å². The fourth-order valence-electron chi connectivity index (χ4n) is 2.78. The van der Waals surface area contributed by atoms with Crippen LogP contribution in [0, 0.1) is 11.8 Å². The monoisotopic (exact) mass is 139 g/mol. The summed E-state index contributed by atoms with van der Waals surface area (Å²) in [6, 6.07) is 0.954. The first-order chi connectivity index (χ1) is 4.79. The minimum absolute atomic E-state index is 0.954. The maximum absolute atomic E-state index is 2.55. The maximum atomic E-state index is 2.55. The van der Waals surface area contributed by atoms with Crippen molar-refractivity contribution in [3.8, 4) is 0 Å². The van der Waals surface area contributed by atoms with Gasteiger partial charge in [0, 0.05) is 6.04 Å². The molecule has 0 aromatic carbocycles. The van der Waals surface area contributed by atoms with E-state index in [9.17, 15) is 0 Å². The van der Waals surface area contributed by atoms with Crippen LogP contribution in [0.15, 0.2) is 0 Å². The van der Waals surface area contributed by atoms with Crippen LogP contribution in [0.2, 0.25) is 0 Å². The fourth-order valence-corrected chi connectivity index (χ4v) is 2.78. The Morgan fingerprint density at radius 3 is 2.70 bits per heavy atom. The minimum atomic E-state index is 0.954. The van der Waals surface area contributed by atoms with E-state index < -0.39 is 0 Å². The van der Waals surface area contributed by atoms with Gasteiger partial charge >= 0.3 is 0 Å². The van der Waals surface area contributed by atoms with E-state index in [0.717, 1.165) is 17.9 Å². The molecule has 0 aromatic rings. The van der Waals surface area contributed by atoms with Gasteiger partial charge in [-0.15, -0.1) is 0 Å². The molecule has 2 fully saturated rings. The summed E-state index contributed by atoms with van der Waals surface area (Å²) in [4.78, 5) is 2.55. The van der Waals surface area contributed by atoms with Crippen molar-refractivity contribution in [3.63, 3.8) is 0 Å². The average molecular weight is 139 g/mol. The van der Waals surface area contributed by atoms with Crippen molar-refractivity contribution < 1.29 is 0 Å². The Hall–Kier alpha value is -0.0400. The Bertz CT molecular complexity index is 117. The van der Waals surface area contributed by atoms with Gasteiger partial charge in [0.2, 0.25) is 0 Å². The van der Waals surface area contributed by atoms with E-state index in [1.54, 1.807) is 0 Å². The van der Waals surface area contributed by atoms with Crippen molar-refractivity contribution in [2.24, 2.45) is 11.8 Å². The molecule has 2 unspecified atom stereocenters. The van der Waals surface area contributed by atoms with Gasteiger partial charge in [-0.25, -0.2) is 0 Å². The second kappa shape index (κ2) is 2.23. The highest BCUT2D eigenvalue weighted by Crippen LogP contribution is 2.40. The number of hydrogen-bond donors (Lipinski definition) is 0. The highest BCUT2D eigenvalue weighted by molar-refractivity contribution is 4.93. The largest absolute Gasteiger partial charge is 0.303 e. The summed E-state index contributed by atoms with van der Waals surface area (Å²) in [5, 5.41) is 0. The molecule has 1 aliphatic carbocycles. The summed E-state index contributed by atoms with van der Waals surface area (Å²) in [6.07, 6.45) is 4.39. The molecule has 0 aromatic heterocycles. The standard InChI is InChI=1S/C9H17N/c1-7-3-4-9-8(7)5-6-10(9)2/h7-9H,3-6H2,1-2H3/t7-,8?,9?/m1/s1. The zero-order valence-corrected chi connectivity index (χ0v) is 7.01. The molecule has 2 aliphatic rings. The van der Waals surface area contributed by atoms with Crippen LogP contribution in [-0.4, -0.2) is 24.5 Å². The van der Waals surface area contributed by atoms with Crippen LogP contribution in [0.1, 0.15) is 26.2 Å². The maximum Gasteiger partial charge on any atom is 0.0124 e. The van der Waals surface area contributed by atoms with Gasteiger partial charge < -0.3 is 4.90 Å². The second-order valence-electron chi connectivity index (χ2n) is 4.06. The highest BCUT2D eigenvalue weighted by Gasteiger charge is 2.39. The molecule has 10 heavy (non-hydrogen) atoms. The molecular formula is C9H17N. The first kappa shape index (κ1) is 6.66. The molecular weight excluding hydrogens is 122 g/mol. The van der Waals surface area contributed by atoms with Gasteiger partial charge in [-0.2, -0.15) is 0 Å². The molecule has 1 saturated heterocycles. The Morgan fingerprint density at radius 2 is 2.00 bits per heavy atom. The molecule has 0 radical (unpaired) electrons. The van der Waals surface area contributed by atoms with E-state index in [1.807, 2.05) is 0 Å². The van der Waals surface area contributed by atoms with Crippen molar-refractivity contribution in [1.29, 1.82) is 0 Å². The number of rotatable bonds is 0. The summed E-state index contributed by atoms with van der Waals surface area (Å²) in [7, 11) is 2.28. The van der Waals surface area contributed by atoms with Crippen LogP contribution >= 0.6 is 0 Å². The fraction of sp³-hybridized carbons (Fsp3) is 1.00. The molecule has 1 aliphatic heterocycles. The van der Waals surface area contributed by atoms with Crippen LogP contribution in [0.5, 0.6) is 0 Å². The van der Waals surface area contributed by atoms with Crippen molar-refractivity contribution in [2.45, 2.75) is 32.2 Å². The molecule has 0 amide bonds. The van der Waals surface area contributed by atoms with Gasteiger partial charge in [0.25, 0.3) is 0 Å². The number of nitrogens with zero attached hydrogens (tertiary/aromatic N) is 1. The van der Waals surface area contributed by atoms with Gasteiger partial charge in [-0.1, -0.05) is 6.92 Å². The smallest absolute Gasteiger partial charge is 0.0124 e. The summed E-state index contributed by atoms with van der Waals surface area (Å²) in [5.74, 6) is 2.06. The second-order valence-corrected chi connectivity index (χ2v) is 4.06. The minimum Gasteiger partial charge on any atom is -0.303 e. The Morgan fingerprint density at radius 1 is 1.20 bits per heavy atom. The van der Waals surface area contributed by atoms with Gasteiger partial charge in [0.1, 0.15) is 0 Å². The molecule has 1 heterocycles. The lowest BCUT2D eigenvalue weighted by molar-refractivity contribution is 0.285. The first-order valence-corrected chi connectivity index (χ1v) is 4.49. The molecule has 0 bridgehead atoms. The Balaban J connectivity index is 2.09. The zero-order chi connectivity index (χ0) is 7.14. The Labute approximate surface area is 63.4 Å². The SMILES string of the molecule is C[C@@H]1CCC2C1CCN2C. The van der Waals surface area contributed by atoms with Crippen molar-refractivity contribution in [2.75, 3.05) is 13.6 Å². The topological polar surface area (TPSA) is 3.24 Å². The summed E-state index contributed by atoms with van der Waals surface area (Å²) in [6.45, 7) is 3.77. The third-order valence-electron chi connectivity index (χ3n) is 3.52. The molecule has 3 atom stereocenters. The van der Waals surface area contributed by atoms with Crippen LogP contribution in [0.4, 0.5) is 0 Å². The summed E-state index contributed by atoms with van der Waals surface area (Å²) >= 11 is 0. The zero-order valence-electron chi connectivity index (χ0n) is 7.01. The van der Waals surface area contributed by atoms with E-state index in [0.29, 0.717) is 0 Å². The highest BCUT2D eigenvalue weighted by atomic mass is 15.2. The van der Waals surface area contributed by atoms with E-state index in [2.05, 4.69) is 18.9 Å². The van der Waals surface area contributed by atoms with E-state index in [4.69, 9.17) is 0 Å². The number of fused-ring (bicyclic) bond motifs is 1. The predicted octanol–water partition coefficient (Wildman–Crippen LogP) is 1.74. The van der Waals surface area contributed by atoms with Crippen LogP contribution < -0.4 is 0 Å². The van der Waals surface area contributed by atoms with Crippen molar-refractivity contribution in [1.82, 2.24) is 4.90 Å². The number of hydrogen-bond acceptors (Lipinski definition) is 1. The molecule has 1 heteroatoms. The molecule has 1 nitrogen and oxygen atoms in total.